The van der Waals surface area contributed by atoms with Crippen molar-refractivity contribution in [3.05, 3.63) is 27.9 Å². The van der Waals surface area contributed by atoms with E-state index in [1.165, 1.54) is 25.1 Å². The van der Waals surface area contributed by atoms with Crippen LogP contribution in [0.5, 0.6) is 0 Å². The van der Waals surface area contributed by atoms with Crippen molar-refractivity contribution in [2.45, 2.75) is 37.8 Å². The van der Waals surface area contributed by atoms with Crippen molar-refractivity contribution in [2.24, 2.45) is 0 Å². The molecule has 7 heteroatoms. The Bertz CT molecular complexity index is 598. The third-order valence-corrected chi connectivity index (χ3v) is 4.41. The van der Waals surface area contributed by atoms with Gasteiger partial charge in [-0.05, 0) is 31.9 Å². The van der Waals surface area contributed by atoms with Gasteiger partial charge in [0.2, 0.25) is 5.82 Å². The van der Waals surface area contributed by atoms with Crippen LogP contribution in [0.3, 0.4) is 0 Å². The zero-order chi connectivity index (χ0) is 14.8. The molecule has 0 spiro atoms. The van der Waals surface area contributed by atoms with Crippen LogP contribution in [0.4, 0.5) is 11.5 Å². The fraction of sp³-hybridized carbons (Fsp3) is 0.571. The zero-order valence-electron chi connectivity index (χ0n) is 11.7. The van der Waals surface area contributed by atoms with E-state index < -0.39 is 4.92 Å². The lowest BCUT2D eigenvalue weighted by Crippen LogP contribution is -2.41. The Kier molecular flexibility index (Phi) is 3.71. The second-order valence-electron chi connectivity index (χ2n) is 5.56. The number of piperidine rings is 1. The fourth-order valence-electron chi connectivity index (χ4n) is 3.43. The minimum absolute atomic E-state index is 0.0518. The number of anilines is 1. The minimum atomic E-state index is -0.526. The maximum absolute atomic E-state index is 11.2. The summed E-state index contributed by atoms with van der Waals surface area (Å²) in [6, 6.07) is 3.84. The van der Waals surface area contributed by atoms with Gasteiger partial charge in [0.1, 0.15) is 11.6 Å². The van der Waals surface area contributed by atoms with Crippen LogP contribution < -0.4 is 5.32 Å². The van der Waals surface area contributed by atoms with Crippen LogP contribution in [0, 0.1) is 21.4 Å². The molecule has 1 aromatic rings. The Labute approximate surface area is 122 Å². The van der Waals surface area contributed by atoms with Crippen LogP contribution in [0.15, 0.2) is 12.3 Å². The first kappa shape index (κ1) is 13.8. The predicted octanol–water partition coefficient (Wildman–Crippen LogP) is 1.90. The van der Waals surface area contributed by atoms with Gasteiger partial charge in [-0.25, -0.2) is 4.98 Å². The number of pyridine rings is 1. The number of fused-ring (bicyclic) bond motifs is 1. The molecule has 0 aliphatic carbocycles. The van der Waals surface area contributed by atoms with Crippen molar-refractivity contribution >= 4 is 11.5 Å². The first-order valence-electron chi connectivity index (χ1n) is 7.25. The van der Waals surface area contributed by atoms with Gasteiger partial charge in [0.15, 0.2) is 0 Å². The first-order valence-corrected chi connectivity index (χ1v) is 7.25. The molecule has 0 radical (unpaired) electrons. The Morgan fingerprint density at radius 3 is 3.05 bits per heavy atom. The van der Waals surface area contributed by atoms with Gasteiger partial charge in [-0.2, -0.15) is 5.26 Å². The fourth-order valence-corrected chi connectivity index (χ4v) is 3.43. The van der Waals surface area contributed by atoms with Crippen LogP contribution in [-0.2, 0) is 0 Å². The van der Waals surface area contributed by atoms with Crippen molar-refractivity contribution in [2.75, 3.05) is 18.4 Å². The average molecular weight is 287 g/mol. The molecule has 0 amide bonds. The van der Waals surface area contributed by atoms with Crippen molar-refractivity contribution in [3.8, 4) is 6.07 Å². The summed E-state index contributed by atoms with van der Waals surface area (Å²) in [4.78, 5) is 17.2. The Morgan fingerprint density at radius 2 is 2.29 bits per heavy atom. The highest BCUT2D eigenvalue weighted by molar-refractivity contribution is 5.64. The molecule has 1 N–H and O–H groups in total. The van der Waals surface area contributed by atoms with E-state index in [2.05, 4.69) is 15.2 Å². The number of nitro groups is 1. The van der Waals surface area contributed by atoms with E-state index in [4.69, 9.17) is 5.26 Å². The van der Waals surface area contributed by atoms with Crippen molar-refractivity contribution in [3.63, 3.8) is 0 Å². The number of nitriles is 1. The summed E-state index contributed by atoms with van der Waals surface area (Å²) < 4.78 is 0. The second-order valence-corrected chi connectivity index (χ2v) is 5.56. The van der Waals surface area contributed by atoms with Crippen LogP contribution >= 0.6 is 0 Å². The molecule has 2 aliphatic heterocycles. The summed E-state index contributed by atoms with van der Waals surface area (Å²) in [5.74, 6) is 0.219. The summed E-state index contributed by atoms with van der Waals surface area (Å²) in [7, 11) is 0. The van der Waals surface area contributed by atoms with Crippen molar-refractivity contribution < 1.29 is 4.92 Å². The third kappa shape index (κ3) is 2.54. The predicted molar refractivity (Wildman–Crippen MR) is 76.8 cm³/mol. The molecule has 0 saturated carbocycles. The molecule has 110 valence electrons. The second kappa shape index (κ2) is 5.66. The van der Waals surface area contributed by atoms with Crippen LogP contribution in [0.25, 0.3) is 0 Å². The SMILES string of the molecule is N#Cc1ccnc(NC2CCN3CCCCC23)c1[N+](=O)[O-]. The molecule has 2 saturated heterocycles. The Balaban J connectivity index is 1.85. The number of aromatic nitrogens is 1. The maximum Gasteiger partial charge on any atom is 0.328 e. The maximum atomic E-state index is 11.2. The molecule has 2 fully saturated rings. The molecular formula is C14H17N5O2. The number of hydrogen-bond donors (Lipinski definition) is 1. The number of nitrogens with zero attached hydrogens (tertiary/aromatic N) is 4. The largest absolute Gasteiger partial charge is 0.360 e. The molecule has 0 aromatic carbocycles. The molecule has 3 heterocycles. The van der Waals surface area contributed by atoms with E-state index in [1.54, 1.807) is 0 Å². The Hall–Kier alpha value is -2.20. The molecule has 7 nitrogen and oxygen atoms in total. The zero-order valence-corrected chi connectivity index (χ0v) is 11.7. The first-order chi connectivity index (χ1) is 10.2. The highest BCUT2D eigenvalue weighted by Gasteiger charge is 2.36. The van der Waals surface area contributed by atoms with Gasteiger partial charge in [0, 0.05) is 24.8 Å². The van der Waals surface area contributed by atoms with Gasteiger partial charge in [0.25, 0.3) is 0 Å². The van der Waals surface area contributed by atoms with Crippen LogP contribution in [0.2, 0.25) is 0 Å². The lowest BCUT2D eigenvalue weighted by atomic mass is 9.99. The molecular weight excluding hydrogens is 270 g/mol. The quantitative estimate of drug-likeness (QED) is 0.674. The van der Waals surface area contributed by atoms with E-state index in [0.717, 1.165) is 25.9 Å². The summed E-state index contributed by atoms with van der Waals surface area (Å²) in [5, 5.41) is 23.5. The Morgan fingerprint density at radius 1 is 1.43 bits per heavy atom. The summed E-state index contributed by atoms with van der Waals surface area (Å²) in [6.07, 6.45) is 5.95. The molecule has 3 rings (SSSR count). The summed E-state index contributed by atoms with van der Waals surface area (Å²) in [5.41, 5.74) is -0.162. The monoisotopic (exact) mass is 287 g/mol. The number of nitrogens with one attached hydrogen (secondary N) is 1. The van der Waals surface area contributed by atoms with E-state index in [0.29, 0.717) is 6.04 Å². The average Bonchev–Trinajstić information content (AvgIpc) is 2.90. The molecule has 2 unspecified atom stereocenters. The van der Waals surface area contributed by atoms with Gasteiger partial charge >= 0.3 is 5.69 Å². The molecule has 2 atom stereocenters. The summed E-state index contributed by atoms with van der Waals surface area (Å²) in [6.45, 7) is 2.13. The lowest BCUT2D eigenvalue weighted by Gasteiger charge is -2.32. The lowest BCUT2D eigenvalue weighted by molar-refractivity contribution is -0.384. The highest BCUT2D eigenvalue weighted by Crippen LogP contribution is 2.32. The molecule has 0 bridgehead atoms. The number of rotatable bonds is 3. The van der Waals surface area contributed by atoms with E-state index in [9.17, 15) is 10.1 Å². The summed E-state index contributed by atoms with van der Waals surface area (Å²) >= 11 is 0. The van der Waals surface area contributed by atoms with Crippen molar-refractivity contribution in [1.82, 2.24) is 9.88 Å². The van der Waals surface area contributed by atoms with Gasteiger partial charge in [-0.1, -0.05) is 6.42 Å². The third-order valence-electron chi connectivity index (χ3n) is 4.41. The van der Waals surface area contributed by atoms with E-state index >= 15 is 0 Å². The standard InChI is InChI=1S/C14H17N5O2/c15-9-10-4-6-16-14(13(10)19(20)21)17-11-5-8-18-7-2-1-3-12(11)18/h4,6,11-12H,1-3,5,7-8H2,(H,16,17). The molecule has 1 aromatic heterocycles. The molecule has 21 heavy (non-hydrogen) atoms. The van der Waals surface area contributed by atoms with E-state index in [1.807, 2.05) is 6.07 Å². The highest BCUT2D eigenvalue weighted by atomic mass is 16.6. The van der Waals surface area contributed by atoms with Gasteiger partial charge in [0.05, 0.1) is 4.92 Å². The normalized spacial score (nSPS) is 25.1. The van der Waals surface area contributed by atoms with Gasteiger partial charge < -0.3 is 5.32 Å². The van der Waals surface area contributed by atoms with Gasteiger partial charge in [-0.3, -0.25) is 15.0 Å². The van der Waals surface area contributed by atoms with Crippen molar-refractivity contribution in [1.29, 1.82) is 5.26 Å². The minimum Gasteiger partial charge on any atom is -0.360 e. The van der Waals surface area contributed by atoms with Gasteiger partial charge in [-0.15, -0.1) is 0 Å². The smallest absolute Gasteiger partial charge is 0.328 e. The molecule has 2 aliphatic rings. The van der Waals surface area contributed by atoms with Crippen LogP contribution in [-0.4, -0.2) is 40.0 Å². The van der Waals surface area contributed by atoms with E-state index in [-0.39, 0.29) is 23.1 Å². The number of hydrogen-bond acceptors (Lipinski definition) is 6. The van der Waals surface area contributed by atoms with Crippen LogP contribution in [0.1, 0.15) is 31.2 Å². The topological polar surface area (TPSA) is 95.1 Å².